The van der Waals surface area contributed by atoms with Gasteiger partial charge in [0.25, 0.3) is 5.91 Å². The molecule has 1 amide bonds. The van der Waals surface area contributed by atoms with Gasteiger partial charge >= 0.3 is 0 Å². The van der Waals surface area contributed by atoms with Gasteiger partial charge in [-0.05, 0) is 49.4 Å². The number of carbonyl (C=O) groups is 1. The lowest BCUT2D eigenvalue weighted by molar-refractivity contribution is 0.102. The third-order valence-electron chi connectivity index (χ3n) is 4.07. The number of carbonyl (C=O) groups excluding carboxylic acids is 1. The fourth-order valence-electron chi connectivity index (χ4n) is 2.65. The van der Waals surface area contributed by atoms with E-state index in [2.05, 4.69) is 20.6 Å². The minimum atomic E-state index is -0.361. The van der Waals surface area contributed by atoms with Gasteiger partial charge in [-0.2, -0.15) is 0 Å². The molecule has 3 rings (SSSR count). The van der Waals surface area contributed by atoms with Gasteiger partial charge in [0, 0.05) is 23.1 Å². The number of aryl methyl sites for hydroxylation is 1. The summed E-state index contributed by atoms with van der Waals surface area (Å²) in [6.07, 6.45) is 0. The van der Waals surface area contributed by atoms with Crippen LogP contribution in [0.5, 0.6) is 17.2 Å². The summed E-state index contributed by atoms with van der Waals surface area (Å²) in [5.41, 5.74) is 2.24. The summed E-state index contributed by atoms with van der Waals surface area (Å²) < 4.78 is 15.6. The fraction of sp³-hybridized carbons (Fsp3) is 0.190. The molecule has 2 aromatic carbocycles. The number of hydrogen-bond acceptors (Lipinski definition) is 7. The number of anilines is 3. The van der Waals surface area contributed by atoms with Crippen molar-refractivity contribution >= 4 is 23.2 Å². The lowest BCUT2D eigenvalue weighted by atomic mass is 10.2. The van der Waals surface area contributed by atoms with Gasteiger partial charge in [0.2, 0.25) is 5.95 Å². The van der Waals surface area contributed by atoms with Crippen molar-refractivity contribution in [1.29, 1.82) is 0 Å². The second-order valence-corrected chi connectivity index (χ2v) is 6.10. The minimum absolute atomic E-state index is 0.239. The van der Waals surface area contributed by atoms with Crippen LogP contribution in [0.25, 0.3) is 0 Å². The van der Waals surface area contributed by atoms with Crippen molar-refractivity contribution < 1.29 is 19.0 Å². The van der Waals surface area contributed by atoms with Crippen LogP contribution in [0.15, 0.2) is 48.5 Å². The van der Waals surface area contributed by atoms with E-state index in [9.17, 15) is 4.79 Å². The first-order chi connectivity index (χ1) is 14.0. The van der Waals surface area contributed by atoms with Gasteiger partial charge in [0.15, 0.2) is 11.5 Å². The van der Waals surface area contributed by atoms with Crippen molar-refractivity contribution in [3.8, 4) is 17.2 Å². The fourth-order valence-corrected chi connectivity index (χ4v) is 2.65. The van der Waals surface area contributed by atoms with Gasteiger partial charge in [0.1, 0.15) is 11.4 Å². The predicted molar refractivity (Wildman–Crippen MR) is 111 cm³/mol. The van der Waals surface area contributed by atoms with Gasteiger partial charge in [-0.3, -0.25) is 4.79 Å². The summed E-state index contributed by atoms with van der Waals surface area (Å²) in [5, 5.41) is 5.90. The number of methoxy groups -OCH3 is 3. The minimum Gasteiger partial charge on any atom is -0.497 e. The normalized spacial score (nSPS) is 10.2. The van der Waals surface area contributed by atoms with E-state index in [1.54, 1.807) is 45.4 Å². The van der Waals surface area contributed by atoms with E-state index in [1.165, 1.54) is 7.11 Å². The highest BCUT2D eigenvalue weighted by molar-refractivity contribution is 6.03. The van der Waals surface area contributed by atoms with Crippen LogP contribution in [0.3, 0.4) is 0 Å². The Bertz CT molecular complexity index is 1010. The molecule has 0 bridgehead atoms. The van der Waals surface area contributed by atoms with Crippen molar-refractivity contribution in [2.75, 3.05) is 32.0 Å². The van der Waals surface area contributed by atoms with Crippen LogP contribution in [0.4, 0.5) is 17.3 Å². The highest BCUT2D eigenvalue weighted by Gasteiger charge is 2.13. The first-order valence-electron chi connectivity index (χ1n) is 8.82. The number of nitrogens with zero attached hydrogens (tertiary/aromatic N) is 2. The maximum atomic E-state index is 12.7. The van der Waals surface area contributed by atoms with E-state index in [1.807, 2.05) is 24.3 Å². The summed E-state index contributed by atoms with van der Waals surface area (Å²) in [4.78, 5) is 21.4. The highest BCUT2D eigenvalue weighted by atomic mass is 16.5. The summed E-state index contributed by atoms with van der Waals surface area (Å²) in [6.45, 7) is 1.80. The number of ether oxygens (including phenoxy) is 3. The molecule has 8 heteroatoms. The van der Waals surface area contributed by atoms with Crippen LogP contribution in [-0.2, 0) is 0 Å². The Balaban J connectivity index is 1.78. The smallest absolute Gasteiger partial charge is 0.274 e. The van der Waals surface area contributed by atoms with E-state index in [0.29, 0.717) is 28.8 Å². The van der Waals surface area contributed by atoms with Crippen molar-refractivity contribution in [2.24, 2.45) is 0 Å². The van der Waals surface area contributed by atoms with Crippen molar-refractivity contribution in [3.05, 3.63) is 59.9 Å². The number of aromatic nitrogens is 2. The molecule has 1 aromatic heterocycles. The quantitative estimate of drug-likeness (QED) is 0.629. The van der Waals surface area contributed by atoms with Crippen LogP contribution >= 0.6 is 0 Å². The average molecular weight is 394 g/mol. The van der Waals surface area contributed by atoms with Crippen LogP contribution < -0.4 is 24.8 Å². The number of benzene rings is 2. The topological polar surface area (TPSA) is 94.6 Å². The maximum absolute atomic E-state index is 12.7. The van der Waals surface area contributed by atoms with Gasteiger partial charge in [-0.15, -0.1) is 0 Å². The molecule has 0 spiro atoms. The van der Waals surface area contributed by atoms with Gasteiger partial charge in [-0.1, -0.05) is 0 Å². The summed E-state index contributed by atoms with van der Waals surface area (Å²) in [6, 6.07) is 14.1. The molecule has 8 nitrogen and oxygen atoms in total. The second kappa shape index (κ2) is 8.92. The molecule has 0 radical (unpaired) electrons. The molecule has 0 aliphatic rings. The van der Waals surface area contributed by atoms with Crippen LogP contribution in [0.1, 0.15) is 16.2 Å². The third-order valence-corrected chi connectivity index (χ3v) is 4.07. The van der Waals surface area contributed by atoms with Crippen molar-refractivity contribution in [3.63, 3.8) is 0 Å². The average Bonchev–Trinajstić information content (AvgIpc) is 2.73. The van der Waals surface area contributed by atoms with E-state index in [0.717, 1.165) is 11.4 Å². The first-order valence-corrected chi connectivity index (χ1v) is 8.82. The van der Waals surface area contributed by atoms with E-state index in [-0.39, 0.29) is 11.6 Å². The zero-order valence-corrected chi connectivity index (χ0v) is 16.6. The Morgan fingerprint density at radius 2 is 1.52 bits per heavy atom. The predicted octanol–water partition coefficient (Wildman–Crippen LogP) is 3.81. The molecule has 3 aromatic rings. The van der Waals surface area contributed by atoms with Crippen LogP contribution in [-0.4, -0.2) is 37.2 Å². The van der Waals surface area contributed by atoms with E-state index in [4.69, 9.17) is 14.2 Å². The Labute approximate surface area is 168 Å². The molecule has 0 aliphatic heterocycles. The largest absolute Gasteiger partial charge is 0.497 e. The maximum Gasteiger partial charge on any atom is 0.274 e. The van der Waals surface area contributed by atoms with Crippen molar-refractivity contribution in [2.45, 2.75) is 6.92 Å². The Morgan fingerprint density at radius 1 is 0.828 bits per heavy atom. The molecule has 29 heavy (non-hydrogen) atoms. The Kier molecular flexibility index (Phi) is 6.13. The van der Waals surface area contributed by atoms with E-state index >= 15 is 0 Å². The zero-order valence-electron chi connectivity index (χ0n) is 16.6. The molecule has 0 unspecified atom stereocenters. The van der Waals surface area contributed by atoms with Crippen LogP contribution in [0, 0.1) is 6.92 Å². The SMILES string of the molecule is COc1ccc(Nc2nc(C)cc(C(=O)Nc3ccc(OC)c(OC)c3)n2)cc1. The van der Waals surface area contributed by atoms with E-state index < -0.39 is 0 Å². The lowest BCUT2D eigenvalue weighted by Crippen LogP contribution is -2.15. The molecular weight excluding hydrogens is 372 g/mol. The third kappa shape index (κ3) is 4.92. The standard InChI is InChI=1S/C21H22N4O4/c1-13-11-17(20(26)23-15-7-10-18(28-3)19(12-15)29-4)25-21(22-13)24-14-5-8-16(27-2)9-6-14/h5-12H,1-4H3,(H,23,26)(H,22,24,25). The van der Waals surface area contributed by atoms with Gasteiger partial charge < -0.3 is 24.8 Å². The number of rotatable bonds is 7. The van der Waals surface area contributed by atoms with Crippen molar-refractivity contribution in [1.82, 2.24) is 9.97 Å². The first kappa shape index (κ1) is 19.9. The molecule has 150 valence electrons. The summed E-state index contributed by atoms with van der Waals surface area (Å²) >= 11 is 0. The summed E-state index contributed by atoms with van der Waals surface area (Å²) in [5.74, 6) is 1.81. The molecule has 2 N–H and O–H groups in total. The van der Waals surface area contributed by atoms with Crippen LogP contribution in [0.2, 0.25) is 0 Å². The molecule has 1 heterocycles. The number of hydrogen-bond donors (Lipinski definition) is 2. The molecule has 0 fully saturated rings. The number of amides is 1. The summed E-state index contributed by atoms with van der Waals surface area (Å²) in [7, 11) is 4.70. The lowest BCUT2D eigenvalue weighted by Gasteiger charge is -2.11. The zero-order chi connectivity index (χ0) is 20.8. The number of nitrogens with one attached hydrogen (secondary N) is 2. The highest BCUT2D eigenvalue weighted by Crippen LogP contribution is 2.30. The Hall–Kier alpha value is -3.81. The monoisotopic (exact) mass is 394 g/mol. The second-order valence-electron chi connectivity index (χ2n) is 6.10. The van der Waals surface area contributed by atoms with Gasteiger partial charge in [0.05, 0.1) is 21.3 Å². The van der Waals surface area contributed by atoms with Gasteiger partial charge in [-0.25, -0.2) is 9.97 Å². The molecule has 0 saturated carbocycles. The molecule has 0 saturated heterocycles. The molecular formula is C21H22N4O4. The Morgan fingerprint density at radius 3 is 2.17 bits per heavy atom. The molecule has 0 atom stereocenters. The molecule has 0 aliphatic carbocycles.